The molecule has 4 rings (SSSR count). The summed E-state index contributed by atoms with van der Waals surface area (Å²) in [5.41, 5.74) is 4.20. The highest BCUT2D eigenvalue weighted by Crippen LogP contribution is 2.39. The highest BCUT2D eigenvalue weighted by Gasteiger charge is 2.21. The molecule has 0 radical (unpaired) electrons. The van der Waals surface area contributed by atoms with E-state index in [1.165, 1.54) is 39.5 Å². The van der Waals surface area contributed by atoms with Gasteiger partial charge in [-0.25, -0.2) is 9.97 Å². The number of nitrogens with zero attached hydrogens (tertiary/aromatic N) is 3. The molecule has 0 unspecified atom stereocenters. The maximum absolute atomic E-state index is 11.8. The van der Waals surface area contributed by atoms with E-state index in [9.17, 15) is 9.59 Å². The number of carbonyl (C=O) groups excluding carboxylic acids is 2. The van der Waals surface area contributed by atoms with Crippen LogP contribution in [0.25, 0.3) is 21.7 Å². The van der Waals surface area contributed by atoms with Crippen molar-refractivity contribution in [2.75, 3.05) is 5.32 Å². The number of hydrogen-bond acceptors (Lipinski definition) is 6. The molecule has 1 N–H and O–H groups in total. The molecule has 1 fully saturated rings. The molecular formula is C22H22N4O2S. The summed E-state index contributed by atoms with van der Waals surface area (Å²) in [5, 5.41) is 5.76. The molecule has 0 atom stereocenters. The predicted octanol–water partition coefficient (Wildman–Crippen LogP) is 5.09. The molecule has 1 aliphatic carbocycles. The lowest BCUT2D eigenvalue weighted by atomic mass is 10.0. The number of ketones is 1. The molecule has 148 valence electrons. The summed E-state index contributed by atoms with van der Waals surface area (Å²) in [5.74, 6) is 0.788. The molecule has 1 amide bonds. The van der Waals surface area contributed by atoms with Crippen molar-refractivity contribution in [1.82, 2.24) is 15.0 Å². The summed E-state index contributed by atoms with van der Waals surface area (Å²) in [7, 11) is 0. The maximum Gasteiger partial charge on any atom is 0.222 e. The van der Waals surface area contributed by atoms with Gasteiger partial charge in [-0.05, 0) is 31.9 Å². The van der Waals surface area contributed by atoms with E-state index in [0.29, 0.717) is 17.3 Å². The Morgan fingerprint density at radius 1 is 1.07 bits per heavy atom. The van der Waals surface area contributed by atoms with Gasteiger partial charge >= 0.3 is 0 Å². The minimum Gasteiger partial charge on any atom is -0.311 e. The van der Waals surface area contributed by atoms with Gasteiger partial charge in [-0.3, -0.25) is 14.6 Å². The molecular weight excluding hydrogens is 384 g/mol. The number of nitrogens with one attached hydrogen (secondary N) is 1. The van der Waals surface area contributed by atoms with Crippen LogP contribution in [0.15, 0.2) is 36.1 Å². The van der Waals surface area contributed by atoms with Gasteiger partial charge in [0.2, 0.25) is 5.91 Å². The van der Waals surface area contributed by atoms with Gasteiger partial charge in [0, 0.05) is 59.1 Å². The summed E-state index contributed by atoms with van der Waals surface area (Å²) in [6.07, 6.45) is 9.88. The Kier molecular flexibility index (Phi) is 5.49. The van der Waals surface area contributed by atoms with E-state index in [1.54, 1.807) is 29.9 Å². The molecule has 3 aromatic rings. The van der Waals surface area contributed by atoms with Crippen LogP contribution < -0.4 is 5.32 Å². The van der Waals surface area contributed by atoms with Crippen LogP contribution in [0.1, 0.15) is 61.5 Å². The maximum atomic E-state index is 11.8. The van der Waals surface area contributed by atoms with Gasteiger partial charge in [0.25, 0.3) is 0 Å². The molecule has 29 heavy (non-hydrogen) atoms. The average Bonchev–Trinajstić information content (AvgIpc) is 3.39. The molecule has 0 saturated heterocycles. The molecule has 1 aliphatic rings. The van der Waals surface area contributed by atoms with E-state index in [0.717, 1.165) is 27.4 Å². The minimum absolute atomic E-state index is 0.0403. The Morgan fingerprint density at radius 3 is 2.59 bits per heavy atom. The first kappa shape index (κ1) is 19.4. The van der Waals surface area contributed by atoms with Crippen LogP contribution >= 0.6 is 11.3 Å². The molecule has 6 nitrogen and oxygen atoms in total. The lowest BCUT2D eigenvalue weighted by Gasteiger charge is -2.11. The van der Waals surface area contributed by atoms with Crippen molar-refractivity contribution in [3.63, 3.8) is 0 Å². The van der Waals surface area contributed by atoms with Crippen molar-refractivity contribution >= 4 is 28.8 Å². The van der Waals surface area contributed by atoms with Gasteiger partial charge in [0.15, 0.2) is 5.78 Å². The van der Waals surface area contributed by atoms with E-state index in [1.807, 2.05) is 12.1 Å². The van der Waals surface area contributed by atoms with Crippen LogP contribution in [0, 0.1) is 0 Å². The van der Waals surface area contributed by atoms with Crippen molar-refractivity contribution < 1.29 is 9.59 Å². The normalized spacial score (nSPS) is 14.1. The number of anilines is 1. The van der Waals surface area contributed by atoms with Crippen LogP contribution in [0.5, 0.6) is 0 Å². The molecule has 3 aromatic heterocycles. The summed E-state index contributed by atoms with van der Waals surface area (Å²) < 4.78 is 0. The fraction of sp³-hybridized carbons (Fsp3) is 0.318. The molecule has 0 spiro atoms. The third kappa shape index (κ3) is 4.24. The van der Waals surface area contributed by atoms with E-state index in [2.05, 4.69) is 20.7 Å². The number of amides is 1. The second-order valence-corrected chi connectivity index (χ2v) is 8.23. The molecule has 7 heteroatoms. The van der Waals surface area contributed by atoms with Crippen LogP contribution in [-0.4, -0.2) is 26.6 Å². The van der Waals surface area contributed by atoms with E-state index in [-0.39, 0.29) is 11.7 Å². The number of aromatic nitrogens is 3. The first-order chi connectivity index (χ1) is 14.0. The van der Waals surface area contributed by atoms with Crippen LogP contribution in [0.2, 0.25) is 0 Å². The van der Waals surface area contributed by atoms with Gasteiger partial charge in [0.05, 0.1) is 5.69 Å². The van der Waals surface area contributed by atoms with E-state index >= 15 is 0 Å². The quantitative estimate of drug-likeness (QED) is 0.597. The Morgan fingerprint density at radius 2 is 1.86 bits per heavy atom. The number of rotatable bonds is 5. The summed E-state index contributed by atoms with van der Waals surface area (Å²) in [4.78, 5) is 36.8. The van der Waals surface area contributed by atoms with Crippen molar-refractivity contribution in [3.8, 4) is 21.7 Å². The van der Waals surface area contributed by atoms with Crippen LogP contribution in [-0.2, 0) is 4.79 Å². The zero-order valence-electron chi connectivity index (χ0n) is 16.4. The summed E-state index contributed by atoms with van der Waals surface area (Å²) in [6.45, 7) is 2.98. The Balaban J connectivity index is 1.80. The highest BCUT2D eigenvalue weighted by atomic mass is 32.1. The average molecular weight is 407 g/mol. The lowest BCUT2D eigenvalue weighted by molar-refractivity contribution is -0.114. The first-order valence-corrected chi connectivity index (χ1v) is 10.6. The lowest BCUT2D eigenvalue weighted by Crippen LogP contribution is -2.07. The Bertz CT molecular complexity index is 1070. The number of carbonyl (C=O) groups is 2. The first-order valence-electron chi connectivity index (χ1n) is 9.71. The highest BCUT2D eigenvalue weighted by molar-refractivity contribution is 7.13. The molecule has 3 heterocycles. The molecule has 0 aliphatic heterocycles. The van der Waals surface area contributed by atoms with Crippen molar-refractivity contribution in [3.05, 3.63) is 47.4 Å². The van der Waals surface area contributed by atoms with Gasteiger partial charge < -0.3 is 5.32 Å². The van der Waals surface area contributed by atoms with Crippen molar-refractivity contribution in [1.29, 1.82) is 0 Å². The van der Waals surface area contributed by atoms with Gasteiger partial charge in [0.1, 0.15) is 10.8 Å². The monoisotopic (exact) mass is 406 g/mol. The van der Waals surface area contributed by atoms with Crippen LogP contribution in [0.3, 0.4) is 0 Å². The minimum atomic E-state index is -0.178. The number of pyridine rings is 2. The second kappa shape index (κ2) is 8.21. The second-order valence-electron chi connectivity index (χ2n) is 7.37. The SMILES string of the molecule is CC(=O)Nc1cc(-c2nc(C3CCCC3)cs2)c(-c2cncc(C(C)=O)c2)cn1. The number of hydrogen-bond donors (Lipinski definition) is 1. The van der Waals surface area contributed by atoms with Crippen molar-refractivity contribution in [2.24, 2.45) is 0 Å². The molecule has 1 saturated carbocycles. The Hall–Kier alpha value is -2.93. The standard InChI is InChI=1S/C22H22N4O2S/c1-13(27)16-7-17(10-23-9-16)19-11-24-21(25-14(2)28)8-18(19)22-26-20(12-29-22)15-5-3-4-6-15/h7-12,15H,3-6H2,1-2H3,(H,24,25,28). The molecule has 0 aromatic carbocycles. The smallest absolute Gasteiger partial charge is 0.222 e. The summed E-state index contributed by atoms with van der Waals surface area (Å²) in [6, 6.07) is 3.66. The topological polar surface area (TPSA) is 84.8 Å². The van der Waals surface area contributed by atoms with Gasteiger partial charge in [-0.15, -0.1) is 11.3 Å². The fourth-order valence-electron chi connectivity index (χ4n) is 3.71. The zero-order chi connectivity index (χ0) is 20.4. The largest absolute Gasteiger partial charge is 0.311 e. The third-order valence-electron chi connectivity index (χ3n) is 5.19. The predicted molar refractivity (Wildman–Crippen MR) is 114 cm³/mol. The zero-order valence-corrected chi connectivity index (χ0v) is 17.3. The fourth-order valence-corrected chi connectivity index (χ4v) is 4.64. The Labute approximate surface area is 173 Å². The van der Waals surface area contributed by atoms with Gasteiger partial charge in [-0.2, -0.15) is 0 Å². The molecule has 0 bridgehead atoms. The third-order valence-corrected chi connectivity index (χ3v) is 6.08. The number of thiazole rings is 1. The van der Waals surface area contributed by atoms with Crippen molar-refractivity contribution in [2.45, 2.75) is 45.4 Å². The van der Waals surface area contributed by atoms with E-state index < -0.39 is 0 Å². The van der Waals surface area contributed by atoms with E-state index in [4.69, 9.17) is 4.98 Å². The van der Waals surface area contributed by atoms with Gasteiger partial charge in [-0.1, -0.05) is 12.8 Å². The van der Waals surface area contributed by atoms with Crippen LogP contribution in [0.4, 0.5) is 5.82 Å². The summed E-state index contributed by atoms with van der Waals surface area (Å²) >= 11 is 1.60. The number of Topliss-reactive ketones (excluding diaryl/α,β-unsaturated/α-hetero) is 1.